The van der Waals surface area contributed by atoms with Gasteiger partial charge in [-0.2, -0.15) is 0 Å². The molecule has 0 unspecified atom stereocenters. The molecule has 116 valence electrons. The minimum atomic E-state index is -0.193. The van der Waals surface area contributed by atoms with Crippen molar-refractivity contribution in [1.82, 2.24) is 0 Å². The van der Waals surface area contributed by atoms with Gasteiger partial charge in [0.25, 0.3) is 5.91 Å². The molecule has 0 bridgehead atoms. The lowest BCUT2D eigenvalue weighted by molar-refractivity contribution is -0.118. The molecule has 0 aliphatic carbocycles. The van der Waals surface area contributed by atoms with E-state index in [1.807, 2.05) is 36.4 Å². The molecule has 0 fully saturated rings. The molecule has 0 aliphatic rings. The summed E-state index contributed by atoms with van der Waals surface area (Å²) in [4.78, 5) is 11.9. The van der Waals surface area contributed by atoms with Crippen LogP contribution < -0.4 is 14.8 Å². The quantitative estimate of drug-likeness (QED) is 0.699. The van der Waals surface area contributed by atoms with Crippen molar-refractivity contribution in [3.05, 3.63) is 52.1 Å². The first-order valence-electron chi connectivity index (χ1n) is 7.08. The molecule has 4 nitrogen and oxygen atoms in total. The highest BCUT2D eigenvalue weighted by molar-refractivity contribution is 14.1. The lowest BCUT2D eigenvalue weighted by Gasteiger charge is -2.09. The highest BCUT2D eigenvalue weighted by Gasteiger charge is 2.04. The molecule has 0 saturated heterocycles. The zero-order chi connectivity index (χ0) is 15.8. The van der Waals surface area contributed by atoms with Gasteiger partial charge in [0.2, 0.25) is 0 Å². The summed E-state index contributed by atoms with van der Waals surface area (Å²) >= 11 is 2.22. The summed E-state index contributed by atoms with van der Waals surface area (Å²) in [6.07, 6.45) is 0.948. The van der Waals surface area contributed by atoms with E-state index < -0.39 is 0 Å². The molecule has 0 saturated carbocycles. The van der Waals surface area contributed by atoms with Crippen molar-refractivity contribution in [3.8, 4) is 11.5 Å². The number of halogens is 1. The van der Waals surface area contributed by atoms with Crippen molar-refractivity contribution in [3.63, 3.8) is 0 Å². The Morgan fingerprint density at radius 1 is 1.09 bits per heavy atom. The van der Waals surface area contributed by atoms with Gasteiger partial charge in [-0.1, -0.05) is 13.0 Å². The van der Waals surface area contributed by atoms with Crippen molar-refractivity contribution in [1.29, 1.82) is 0 Å². The second-order valence-corrected chi connectivity index (χ2v) is 5.91. The first kappa shape index (κ1) is 16.6. The minimum absolute atomic E-state index is 0.0385. The van der Waals surface area contributed by atoms with Gasteiger partial charge in [0.1, 0.15) is 11.5 Å². The molecule has 2 aromatic carbocycles. The van der Waals surface area contributed by atoms with Gasteiger partial charge in [-0.3, -0.25) is 4.79 Å². The molecular weight excluding hydrogens is 393 g/mol. The van der Waals surface area contributed by atoms with Crippen LogP contribution in [0.25, 0.3) is 0 Å². The van der Waals surface area contributed by atoms with E-state index in [1.54, 1.807) is 12.1 Å². The molecule has 1 amide bonds. The minimum Gasteiger partial charge on any atom is -0.493 e. The van der Waals surface area contributed by atoms with Gasteiger partial charge in [0.05, 0.1) is 6.61 Å². The van der Waals surface area contributed by atoms with Crippen LogP contribution in [-0.4, -0.2) is 19.1 Å². The van der Waals surface area contributed by atoms with Gasteiger partial charge < -0.3 is 14.8 Å². The second-order valence-electron chi connectivity index (χ2n) is 4.67. The molecule has 1 N–H and O–H groups in total. The van der Waals surface area contributed by atoms with Crippen molar-refractivity contribution < 1.29 is 14.3 Å². The summed E-state index contributed by atoms with van der Waals surface area (Å²) in [6.45, 7) is 2.68. The molecule has 22 heavy (non-hydrogen) atoms. The number of carbonyl (C=O) groups is 1. The molecule has 0 heterocycles. The predicted molar refractivity (Wildman–Crippen MR) is 95.5 cm³/mol. The Bertz CT molecular complexity index is 614. The Morgan fingerprint density at radius 2 is 1.77 bits per heavy atom. The maximum atomic E-state index is 11.9. The zero-order valence-corrected chi connectivity index (χ0v) is 14.5. The van der Waals surface area contributed by atoms with Gasteiger partial charge in [-0.15, -0.1) is 0 Å². The summed E-state index contributed by atoms with van der Waals surface area (Å²) < 4.78 is 12.1. The zero-order valence-electron chi connectivity index (χ0n) is 12.3. The molecule has 0 aliphatic heterocycles. The fourth-order valence-electron chi connectivity index (χ4n) is 1.75. The van der Waals surface area contributed by atoms with Crippen LogP contribution in [-0.2, 0) is 4.79 Å². The summed E-state index contributed by atoms with van der Waals surface area (Å²) in [6, 6.07) is 14.9. The van der Waals surface area contributed by atoms with Crippen LogP contribution in [0.4, 0.5) is 5.69 Å². The Balaban J connectivity index is 1.84. The average Bonchev–Trinajstić information content (AvgIpc) is 2.53. The van der Waals surface area contributed by atoms with E-state index in [0.717, 1.165) is 21.4 Å². The summed E-state index contributed by atoms with van der Waals surface area (Å²) in [5.41, 5.74) is 0.758. The Morgan fingerprint density at radius 3 is 2.45 bits per heavy atom. The maximum absolute atomic E-state index is 11.9. The molecule has 0 spiro atoms. The van der Waals surface area contributed by atoms with Gasteiger partial charge in [-0.05, 0) is 65.4 Å². The second kappa shape index (κ2) is 8.63. The van der Waals surface area contributed by atoms with Crippen molar-refractivity contribution in [2.45, 2.75) is 13.3 Å². The number of ether oxygens (including phenoxy) is 2. The lowest BCUT2D eigenvalue weighted by Crippen LogP contribution is -2.20. The van der Waals surface area contributed by atoms with E-state index in [0.29, 0.717) is 12.4 Å². The molecule has 0 radical (unpaired) electrons. The predicted octanol–water partition coefficient (Wildman–Crippen LogP) is 4.10. The van der Waals surface area contributed by atoms with Gasteiger partial charge in [0, 0.05) is 15.3 Å². The lowest BCUT2D eigenvalue weighted by atomic mass is 10.3. The maximum Gasteiger partial charge on any atom is 0.262 e. The van der Waals surface area contributed by atoms with E-state index in [2.05, 4.69) is 34.8 Å². The van der Waals surface area contributed by atoms with Crippen LogP contribution >= 0.6 is 22.6 Å². The largest absolute Gasteiger partial charge is 0.493 e. The average molecular weight is 411 g/mol. The van der Waals surface area contributed by atoms with Crippen LogP contribution in [0.3, 0.4) is 0 Å². The van der Waals surface area contributed by atoms with E-state index in [1.165, 1.54) is 0 Å². The fourth-order valence-corrected chi connectivity index (χ4v) is 2.11. The smallest absolute Gasteiger partial charge is 0.262 e. The van der Waals surface area contributed by atoms with Crippen molar-refractivity contribution in [2.24, 2.45) is 0 Å². The van der Waals surface area contributed by atoms with Crippen molar-refractivity contribution >= 4 is 34.2 Å². The van der Waals surface area contributed by atoms with E-state index >= 15 is 0 Å². The molecular formula is C17H18INO3. The van der Waals surface area contributed by atoms with Crippen LogP contribution in [0.1, 0.15) is 13.3 Å². The Hall–Kier alpha value is -1.76. The number of rotatable bonds is 7. The third kappa shape index (κ3) is 5.55. The summed E-state index contributed by atoms with van der Waals surface area (Å²) in [5, 5.41) is 2.79. The molecule has 5 heteroatoms. The molecule has 0 aromatic heterocycles. The van der Waals surface area contributed by atoms with Crippen molar-refractivity contribution in [2.75, 3.05) is 18.5 Å². The third-order valence-electron chi connectivity index (χ3n) is 2.78. The van der Waals surface area contributed by atoms with E-state index in [-0.39, 0.29) is 12.5 Å². The number of benzene rings is 2. The van der Waals surface area contributed by atoms with Crippen LogP contribution in [0.5, 0.6) is 11.5 Å². The highest BCUT2D eigenvalue weighted by Crippen LogP contribution is 2.19. The van der Waals surface area contributed by atoms with E-state index in [9.17, 15) is 4.79 Å². The molecule has 2 rings (SSSR count). The van der Waals surface area contributed by atoms with E-state index in [4.69, 9.17) is 9.47 Å². The topological polar surface area (TPSA) is 47.6 Å². The molecule has 2 aromatic rings. The van der Waals surface area contributed by atoms with Gasteiger partial charge in [0.15, 0.2) is 6.61 Å². The summed E-state index contributed by atoms with van der Waals surface area (Å²) in [7, 11) is 0. The van der Waals surface area contributed by atoms with Gasteiger partial charge >= 0.3 is 0 Å². The third-order valence-corrected chi connectivity index (χ3v) is 3.50. The standard InChI is InChI=1S/C17H18INO3/c1-2-10-21-15-4-3-5-16(11-15)22-12-17(20)19-14-8-6-13(18)7-9-14/h3-9,11H,2,10,12H2,1H3,(H,19,20). The SMILES string of the molecule is CCCOc1cccc(OCC(=O)Nc2ccc(I)cc2)c1. The first-order valence-corrected chi connectivity index (χ1v) is 8.16. The van der Waals surface area contributed by atoms with Crippen LogP contribution in [0.2, 0.25) is 0 Å². The normalized spacial score (nSPS) is 10.1. The number of anilines is 1. The van der Waals surface area contributed by atoms with Crippen LogP contribution in [0, 0.1) is 3.57 Å². The summed E-state index contributed by atoms with van der Waals surface area (Å²) in [5.74, 6) is 1.17. The number of hydrogen-bond donors (Lipinski definition) is 1. The van der Waals surface area contributed by atoms with Crippen LogP contribution in [0.15, 0.2) is 48.5 Å². The number of hydrogen-bond acceptors (Lipinski definition) is 3. The number of nitrogens with one attached hydrogen (secondary N) is 1. The number of amides is 1. The first-order chi connectivity index (χ1) is 10.7. The monoisotopic (exact) mass is 411 g/mol. The molecule has 0 atom stereocenters. The Labute approximate surface area is 144 Å². The van der Waals surface area contributed by atoms with Gasteiger partial charge in [-0.25, -0.2) is 0 Å². The highest BCUT2D eigenvalue weighted by atomic mass is 127. The Kier molecular flexibility index (Phi) is 6.51. The fraction of sp³-hybridized carbons (Fsp3) is 0.235. The number of carbonyl (C=O) groups excluding carboxylic acids is 1.